The van der Waals surface area contributed by atoms with E-state index in [2.05, 4.69) is 11.8 Å². The van der Waals surface area contributed by atoms with Crippen molar-refractivity contribution in [3.8, 4) is 0 Å². The van der Waals surface area contributed by atoms with Gasteiger partial charge in [-0.15, -0.1) is 0 Å². The zero-order chi connectivity index (χ0) is 18.3. The van der Waals surface area contributed by atoms with Gasteiger partial charge < -0.3 is 20.5 Å². The van der Waals surface area contributed by atoms with E-state index in [1.165, 1.54) is 57.8 Å². The summed E-state index contributed by atoms with van der Waals surface area (Å²) in [6.45, 7) is 4.73. The number of likely N-dealkylation sites (tertiary alicyclic amines) is 1. The Bertz CT molecular complexity index is 331. The Labute approximate surface area is 154 Å². The Hall–Kier alpha value is -0.810. The van der Waals surface area contributed by atoms with Gasteiger partial charge in [0.1, 0.15) is 6.10 Å². The lowest BCUT2D eigenvalue weighted by atomic mass is 10.0. The highest BCUT2D eigenvalue weighted by molar-refractivity contribution is 5.64. The molecule has 5 nitrogen and oxygen atoms in total. The molecule has 0 bridgehead atoms. The van der Waals surface area contributed by atoms with E-state index in [1.54, 1.807) is 0 Å². The first-order valence-electron chi connectivity index (χ1n) is 10.5. The molecule has 0 radical (unpaired) electrons. The summed E-state index contributed by atoms with van der Waals surface area (Å²) < 4.78 is 5.03. The molecule has 148 valence electrons. The summed E-state index contributed by atoms with van der Waals surface area (Å²) >= 11 is 0. The van der Waals surface area contributed by atoms with Gasteiger partial charge in [0.05, 0.1) is 6.10 Å². The number of hydrogen-bond acceptors (Lipinski definition) is 4. The number of ether oxygens (including phenoxy) is 1. The van der Waals surface area contributed by atoms with Crippen molar-refractivity contribution in [2.45, 2.75) is 103 Å². The molecule has 25 heavy (non-hydrogen) atoms. The van der Waals surface area contributed by atoms with E-state index in [1.807, 2.05) is 0 Å². The predicted octanol–water partition coefficient (Wildman–Crippen LogP) is 4.22. The molecule has 1 unspecified atom stereocenters. The Morgan fingerprint density at radius 3 is 2.08 bits per heavy atom. The van der Waals surface area contributed by atoms with Crippen LogP contribution in [0.1, 0.15) is 90.4 Å². The summed E-state index contributed by atoms with van der Waals surface area (Å²) in [7, 11) is 0. The lowest BCUT2D eigenvalue weighted by Crippen LogP contribution is -2.42. The highest BCUT2D eigenvalue weighted by Crippen LogP contribution is 2.16. The Balaban J connectivity index is 1.91. The molecule has 1 atom stereocenters. The van der Waals surface area contributed by atoms with E-state index in [-0.39, 0.29) is 12.2 Å². The monoisotopic (exact) mass is 356 g/mol. The number of β-amino-alcohol motifs (C(OH)–C–C–N with tert-alkyl or cyclic N) is 1. The van der Waals surface area contributed by atoms with Crippen LogP contribution in [0.3, 0.4) is 0 Å². The first-order chi connectivity index (χ1) is 12.1. The van der Waals surface area contributed by atoms with Gasteiger partial charge in [0.15, 0.2) is 0 Å². The SMILES string of the molecule is CCCCCCCCCCCCC(O)CN1CCC(OC(N)=O)CC1. The van der Waals surface area contributed by atoms with Crippen molar-refractivity contribution in [3.63, 3.8) is 0 Å². The van der Waals surface area contributed by atoms with Crippen molar-refractivity contribution < 1.29 is 14.6 Å². The largest absolute Gasteiger partial charge is 0.446 e. The van der Waals surface area contributed by atoms with Crippen LogP contribution in [0.2, 0.25) is 0 Å². The third-order valence-corrected chi connectivity index (χ3v) is 5.18. The summed E-state index contributed by atoms with van der Waals surface area (Å²) in [4.78, 5) is 13.0. The van der Waals surface area contributed by atoms with Crippen LogP contribution in [-0.4, -0.2) is 47.9 Å². The van der Waals surface area contributed by atoms with Crippen LogP contribution in [0.5, 0.6) is 0 Å². The molecular formula is C20H40N2O3. The Morgan fingerprint density at radius 2 is 1.56 bits per heavy atom. The van der Waals surface area contributed by atoms with Gasteiger partial charge in [-0.25, -0.2) is 4.79 Å². The minimum atomic E-state index is -0.681. The average molecular weight is 357 g/mol. The molecule has 1 saturated heterocycles. The van der Waals surface area contributed by atoms with Crippen molar-refractivity contribution >= 4 is 6.09 Å². The highest BCUT2D eigenvalue weighted by Gasteiger charge is 2.22. The molecule has 0 spiro atoms. The zero-order valence-electron chi connectivity index (χ0n) is 16.3. The van der Waals surface area contributed by atoms with Crippen molar-refractivity contribution in [3.05, 3.63) is 0 Å². The summed E-state index contributed by atoms with van der Waals surface area (Å²) in [5.74, 6) is 0. The highest BCUT2D eigenvalue weighted by atomic mass is 16.6. The normalized spacial score (nSPS) is 17.5. The molecule has 3 N–H and O–H groups in total. The van der Waals surface area contributed by atoms with Crippen LogP contribution in [0.25, 0.3) is 0 Å². The number of primary amides is 1. The molecule has 1 fully saturated rings. The number of amides is 1. The first-order valence-corrected chi connectivity index (χ1v) is 10.5. The lowest BCUT2D eigenvalue weighted by Gasteiger charge is -2.32. The number of carbonyl (C=O) groups excluding carboxylic acids is 1. The van der Waals surface area contributed by atoms with E-state index in [0.29, 0.717) is 0 Å². The molecule has 1 amide bonds. The van der Waals surface area contributed by atoms with Gasteiger partial charge in [-0.05, 0) is 19.3 Å². The van der Waals surface area contributed by atoms with Crippen molar-refractivity contribution in [1.29, 1.82) is 0 Å². The van der Waals surface area contributed by atoms with E-state index in [4.69, 9.17) is 10.5 Å². The third kappa shape index (κ3) is 12.2. The fourth-order valence-electron chi connectivity index (χ4n) is 3.63. The van der Waals surface area contributed by atoms with E-state index >= 15 is 0 Å². The number of aliphatic hydroxyl groups is 1. The standard InChI is InChI=1S/C20H40N2O3/c1-2-3-4-5-6-7-8-9-10-11-12-18(23)17-22-15-13-19(14-16-22)25-20(21)24/h18-19,23H,2-17H2,1H3,(H2,21,24). The van der Waals surface area contributed by atoms with Gasteiger partial charge >= 0.3 is 6.09 Å². The van der Waals surface area contributed by atoms with Crippen LogP contribution in [0, 0.1) is 0 Å². The quantitative estimate of drug-likeness (QED) is 0.457. The molecule has 1 heterocycles. The number of nitrogens with two attached hydrogens (primary N) is 1. The van der Waals surface area contributed by atoms with Crippen molar-refractivity contribution in [2.75, 3.05) is 19.6 Å². The molecule has 0 aliphatic carbocycles. The molecule has 0 aromatic carbocycles. The minimum absolute atomic E-state index is 0.0483. The summed E-state index contributed by atoms with van der Waals surface area (Å²) in [6.07, 6.45) is 14.8. The van der Waals surface area contributed by atoms with Gasteiger partial charge in [0.2, 0.25) is 0 Å². The average Bonchev–Trinajstić information content (AvgIpc) is 2.58. The van der Waals surface area contributed by atoms with Crippen molar-refractivity contribution in [2.24, 2.45) is 5.73 Å². The molecule has 0 saturated carbocycles. The van der Waals surface area contributed by atoms with Gasteiger partial charge in [0.25, 0.3) is 0 Å². The first kappa shape index (κ1) is 22.2. The van der Waals surface area contributed by atoms with E-state index < -0.39 is 6.09 Å². The maximum atomic E-state index is 10.7. The maximum absolute atomic E-state index is 10.7. The van der Waals surface area contributed by atoms with Crippen LogP contribution in [0.15, 0.2) is 0 Å². The number of unbranched alkanes of at least 4 members (excludes halogenated alkanes) is 9. The van der Waals surface area contributed by atoms with Crippen LogP contribution in [-0.2, 0) is 4.74 Å². The lowest BCUT2D eigenvalue weighted by molar-refractivity contribution is 0.0352. The molecular weight excluding hydrogens is 316 g/mol. The van der Waals surface area contributed by atoms with E-state index in [9.17, 15) is 9.90 Å². The molecule has 1 aliphatic heterocycles. The van der Waals surface area contributed by atoms with Crippen LogP contribution >= 0.6 is 0 Å². The zero-order valence-corrected chi connectivity index (χ0v) is 16.3. The molecule has 1 rings (SSSR count). The van der Waals surface area contributed by atoms with Crippen LogP contribution in [0.4, 0.5) is 4.79 Å². The van der Waals surface area contributed by atoms with Crippen LogP contribution < -0.4 is 5.73 Å². The van der Waals surface area contributed by atoms with E-state index in [0.717, 1.165) is 45.3 Å². The second-order valence-electron chi connectivity index (χ2n) is 7.56. The van der Waals surface area contributed by atoms with Crippen molar-refractivity contribution in [1.82, 2.24) is 4.90 Å². The number of carbonyl (C=O) groups is 1. The topological polar surface area (TPSA) is 75.8 Å². The van der Waals surface area contributed by atoms with Gasteiger partial charge in [-0.2, -0.15) is 0 Å². The number of piperidine rings is 1. The number of rotatable bonds is 14. The Morgan fingerprint density at radius 1 is 1.04 bits per heavy atom. The second kappa shape index (κ2) is 14.4. The number of aliphatic hydroxyl groups excluding tert-OH is 1. The Kier molecular flexibility index (Phi) is 12.8. The number of hydrogen-bond donors (Lipinski definition) is 2. The fraction of sp³-hybridized carbons (Fsp3) is 0.950. The summed E-state index contributed by atoms with van der Waals surface area (Å²) in [5, 5.41) is 10.2. The summed E-state index contributed by atoms with van der Waals surface area (Å²) in [5.41, 5.74) is 5.05. The predicted molar refractivity (Wildman–Crippen MR) is 103 cm³/mol. The third-order valence-electron chi connectivity index (χ3n) is 5.18. The molecule has 1 aliphatic rings. The molecule has 5 heteroatoms. The fourth-order valence-corrected chi connectivity index (χ4v) is 3.63. The van der Waals surface area contributed by atoms with Gasteiger partial charge in [0, 0.05) is 19.6 Å². The summed E-state index contributed by atoms with van der Waals surface area (Å²) in [6, 6.07) is 0. The van der Waals surface area contributed by atoms with Gasteiger partial charge in [-0.1, -0.05) is 71.1 Å². The smallest absolute Gasteiger partial charge is 0.404 e. The van der Waals surface area contributed by atoms with Gasteiger partial charge in [-0.3, -0.25) is 0 Å². The molecule has 0 aromatic rings. The second-order valence-corrected chi connectivity index (χ2v) is 7.56. The maximum Gasteiger partial charge on any atom is 0.404 e. The molecule has 0 aromatic heterocycles. The minimum Gasteiger partial charge on any atom is -0.446 e. The number of nitrogens with zero attached hydrogens (tertiary/aromatic N) is 1.